The highest BCUT2D eigenvalue weighted by molar-refractivity contribution is 5.83. The van der Waals surface area contributed by atoms with Crippen LogP contribution >= 0.6 is 0 Å². The number of H-pyrrole nitrogens is 1. The molecule has 1 atom stereocenters. The van der Waals surface area contributed by atoms with E-state index in [2.05, 4.69) is 20.6 Å². The van der Waals surface area contributed by atoms with Crippen LogP contribution in [0.3, 0.4) is 0 Å². The largest absolute Gasteiger partial charge is 0.479 e. The minimum Gasteiger partial charge on any atom is -0.479 e. The number of aliphatic carboxylic acids is 1. The first-order valence-corrected chi connectivity index (χ1v) is 6.18. The van der Waals surface area contributed by atoms with E-state index in [1.165, 1.54) is 15.8 Å². The van der Waals surface area contributed by atoms with Gasteiger partial charge in [0.05, 0.1) is 18.9 Å². The van der Waals surface area contributed by atoms with Gasteiger partial charge < -0.3 is 15.3 Å². The molecular formula is C12H16N6O3. The average molecular weight is 292 g/mol. The van der Waals surface area contributed by atoms with Gasteiger partial charge in [0, 0.05) is 37.6 Å². The summed E-state index contributed by atoms with van der Waals surface area (Å²) in [6.45, 7) is 0.321. The number of carbonyl (C=O) groups excluding carboxylic acids is 1. The molecule has 0 aliphatic rings. The lowest BCUT2D eigenvalue weighted by molar-refractivity contribution is -0.139. The summed E-state index contributed by atoms with van der Waals surface area (Å²) in [7, 11) is 3.25. The Bertz CT molecular complexity index is 621. The van der Waals surface area contributed by atoms with Gasteiger partial charge in [0.25, 0.3) is 0 Å². The van der Waals surface area contributed by atoms with Crippen LogP contribution < -0.4 is 5.32 Å². The third-order valence-corrected chi connectivity index (χ3v) is 2.89. The van der Waals surface area contributed by atoms with Gasteiger partial charge in [0.2, 0.25) is 0 Å². The predicted octanol–water partition coefficient (Wildman–Crippen LogP) is 0.111. The number of hydrogen-bond donors (Lipinski definition) is 3. The quantitative estimate of drug-likeness (QED) is 0.723. The number of aryl methyl sites for hydroxylation is 1. The predicted molar refractivity (Wildman–Crippen MR) is 72.2 cm³/mol. The lowest BCUT2D eigenvalue weighted by Gasteiger charge is -2.20. The van der Waals surface area contributed by atoms with Gasteiger partial charge >= 0.3 is 12.0 Å². The van der Waals surface area contributed by atoms with Gasteiger partial charge in [-0.05, 0) is 0 Å². The summed E-state index contributed by atoms with van der Waals surface area (Å²) in [6.07, 6.45) is 6.23. The minimum absolute atomic E-state index is 0.321. The van der Waals surface area contributed by atoms with E-state index in [0.717, 1.165) is 5.56 Å². The van der Waals surface area contributed by atoms with Gasteiger partial charge in [-0.1, -0.05) is 0 Å². The zero-order valence-electron chi connectivity index (χ0n) is 11.6. The normalized spacial score (nSPS) is 11.9. The second-order valence-corrected chi connectivity index (χ2v) is 4.63. The average Bonchev–Trinajstić information content (AvgIpc) is 3.06. The van der Waals surface area contributed by atoms with Gasteiger partial charge in [-0.25, -0.2) is 9.59 Å². The number of carboxylic acid groups (broad SMARTS) is 1. The summed E-state index contributed by atoms with van der Waals surface area (Å²) in [4.78, 5) is 24.7. The van der Waals surface area contributed by atoms with Crippen molar-refractivity contribution in [3.63, 3.8) is 0 Å². The van der Waals surface area contributed by atoms with Crippen LogP contribution in [0.25, 0.3) is 0 Å². The lowest BCUT2D eigenvalue weighted by Crippen LogP contribution is -2.41. The molecule has 0 saturated carbocycles. The van der Waals surface area contributed by atoms with Crippen molar-refractivity contribution < 1.29 is 14.7 Å². The first-order valence-electron chi connectivity index (χ1n) is 6.18. The molecular weight excluding hydrogens is 276 g/mol. The molecule has 2 rings (SSSR count). The summed E-state index contributed by atoms with van der Waals surface area (Å²) in [6, 6.07) is -1.63. The van der Waals surface area contributed by atoms with Crippen LogP contribution in [0.2, 0.25) is 0 Å². The van der Waals surface area contributed by atoms with Crippen LogP contribution in [0.4, 0.5) is 4.79 Å². The maximum absolute atomic E-state index is 12.1. The summed E-state index contributed by atoms with van der Waals surface area (Å²) in [5.41, 5.74) is 1.23. The van der Waals surface area contributed by atoms with E-state index in [1.54, 1.807) is 32.7 Å². The Labute approximate surface area is 120 Å². The van der Waals surface area contributed by atoms with Crippen molar-refractivity contribution in [3.05, 3.63) is 35.9 Å². The molecule has 9 nitrogen and oxygen atoms in total. The number of rotatable bonds is 5. The smallest absolute Gasteiger partial charge is 0.331 e. The molecule has 0 spiro atoms. The van der Waals surface area contributed by atoms with Crippen LogP contribution in [0.1, 0.15) is 17.2 Å². The molecule has 0 aromatic carbocycles. The van der Waals surface area contributed by atoms with E-state index < -0.39 is 18.0 Å². The molecule has 2 heterocycles. The third-order valence-electron chi connectivity index (χ3n) is 2.89. The molecule has 3 N–H and O–H groups in total. The summed E-state index contributed by atoms with van der Waals surface area (Å²) in [5, 5.41) is 22.0. The van der Waals surface area contributed by atoms with Crippen molar-refractivity contribution in [3.8, 4) is 0 Å². The first kappa shape index (κ1) is 14.6. The van der Waals surface area contributed by atoms with Crippen LogP contribution in [-0.2, 0) is 18.4 Å². The van der Waals surface area contributed by atoms with Crippen LogP contribution in [-0.4, -0.2) is 49.0 Å². The number of carboxylic acids is 1. The molecule has 21 heavy (non-hydrogen) atoms. The Balaban J connectivity index is 2.03. The number of nitrogens with one attached hydrogen (secondary N) is 2. The Morgan fingerprint density at radius 3 is 2.81 bits per heavy atom. The van der Waals surface area contributed by atoms with E-state index in [9.17, 15) is 14.7 Å². The highest BCUT2D eigenvalue weighted by Gasteiger charge is 2.24. The number of aromatic nitrogens is 4. The first-order chi connectivity index (χ1) is 9.97. The molecule has 9 heteroatoms. The number of aromatic amines is 1. The maximum Gasteiger partial charge on any atom is 0.331 e. The molecule has 0 saturated heterocycles. The fourth-order valence-corrected chi connectivity index (χ4v) is 1.82. The lowest BCUT2D eigenvalue weighted by atomic mass is 10.1. The molecule has 112 valence electrons. The second kappa shape index (κ2) is 6.07. The van der Waals surface area contributed by atoms with Gasteiger partial charge in [0.1, 0.15) is 0 Å². The van der Waals surface area contributed by atoms with E-state index in [1.807, 2.05) is 0 Å². The number of hydrogen-bond acceptors (Lipinski definition) is 4. The number of carbonyl (C=O) groups is 2. The van der Waals surface area contributed by atoms with E-state index >= 15 is 0 Å². The van der Waals surface area contributed by atoms with Crippen molar-refractivity contribution in [2.24, 2.45) is 7.05 Å². The Hall–Kier alpha value is -2.84. The molecule has 2 aromatic rings. The van der Waals surface area contributed by atoms with Crippen LogP contribution in [0.15, 0.2) is 24.8 Å². The summed E-state index contributed by atoms with van der Waals surface area (Å²) in [5.74, 6) is -1.15. The molecule has 2 amide bonds. The molecule has 0 aliphatic carbocycles. The topological polar surface area (TPSA) is 116 Å². The van der Waals surface area contributed by atoms with E-state index in [-0.39, 0.29) is 0 Å². The van der Waals surface area contributed by atoms with Gasteiger partial charge in [-0.3, -0.25) is 9.78 Å². The molecule has 0 radical (unpaired) electrons. The van der Waals surface area contributed by atoms with Crippen molar-refractivity contribution in [1.29, 1.82) is 0 Å². The highest BCUT2D eigenvalue weighted by atomic mass is 16.4. The minimum atomic E-state index is -1.15. The SMILES string of the molecule is CN(Cc1cn[nH]c1)C(=O)NC(C(=O)O)c1cnn(C)c1. The van der Waals surface area contributed by atoms with Crippen LogP contribution in [0.5, 0.6) is 0 Å². The van der Waals surface area contributed by atoms with Crippen molar-refractivity contribution >= 4 is 12.0 Å². The second-order valence-electron chi connectivity index (χ2n) is 4.63. The molecule has 1 unspecified atom stereocenters. The zero-order chi connectivity index (χ0) is 15.4. The summed E-state index contributed by atoms with van der Waals surface area (Å²) >= 11 is 0. The van der Waals surface area contributed by atoms with E-state index in [0.29, 0.717) is 12.1 Å². The molecule has 0 fully saturated rings. The van der Waals surface area contributed by atoms with E-state index in [4.69, 9.17) is 0 Å². The fraction of sp³-hybridized carbons (Fsp3) is 0.333. The van der Waals surface area contributed by atoms with Crippen molar-refractivity contribution in [1.82, 2.24) is 30.2 Å². The number of urea groups is 1. The van der Waals surface area contributed by atoms with Gasteiger partial charge in [-0.2, -0.15) is 10.2 Å². The maximum atomic E-state index is 12.1. The number of amides is 2. The molecule has 0 bridgehead atoms. The van der Waals surface area contributed by atoms with Gasteiger partial charge in [0.15, 0.2) is 6.04 Å². The third kappa shape index (κ3) is 3.59. The highest BCUT2D eigenvalue weighted by Crippen LogP contribution is 2.12. The monoisotopic (exact) mass is 292 g/mol. The van der Waals surface area contributed by atoms with Crippen LogP contribution in [0, 0.1) is 0 Å². The summed E-state index contributed by atoms with van der Waals surface area (Å²) < 4.78 is 1.48. The Morgan fingerprint density at radius 2 is 2.29 bits per heavy atom. The Morgan fingerprint density at radius 1 is 1.52 bits per heavy atom. The fourth-order valence-electron chi connectivity index (χ4n) is 1.82. The molecule has 2 aromatic heterocycles. The Kier molecular flexibility index (Phi) is 4.21. The van der Waals surface area contributed by atoms with Crippen molar-refractivity contribution in [2.45, 2.75) is 12.6 Å². The zero-order valence-corrected chi connectivity index (χ0v) is 11.6. The standard InChI is InChI=1S/C12H16N6O3/c1-17(6-8-3-13-14-4-8)12(21)16-10(11(19)20)9-5-15-18(2)7-9/h3-5,7,10H,6H2,1-2H3,(H,13,14)(H,16,21)(H,19,20). The van der Waals surface area contributed by atoms with Gasteiger partial charge in [-0.15, -0.1) is 0 Å². The number of nitrogens with zero attached hydrogens (tertiary/aromatic N) is 4. The van der Waals surface area contributed by atoms with Crippen molar-refractivity contribution in [2.75, 3.05) is 7.05 Å². The molecule has 0 aliphatic heterocycles.